The highest BCUT2D eigenvalue weighted by Crippen LogP contribution is 2.10. The monoisotopic (exact) mass is 330 g/mol. The van der Waals surface area contributed by atoms with Crippen LogP contribution in [0.1, 0.15) is 5.69 Å². The van der Waals surface area contributed by atoms with E-state index in [-0.39, 0.29) is 24.9 Å². The van der Waals surface area contributed by atoms with Gasteiger partial charge in [-0.2, -0.15) is 0 Å². The number of carbonyl (C=O) groups is 2. The van der Waals surface area contributed by atoms with Gasteiger partial charge in [-0.1, -0.05) is 6.07 Å². The predicted molar refractivity (Wildman–Crippen MR) is 89.1 cm³/mol. The Hall–Kier alpha value is -2.45. The third-order valence-corrected chi connectivity index (χ3v) is 4.15. The van der Waals surface area contributed by atoms with Gasteiger partial charge in [-0.15, -0.1) is 0 Å². The summed E-state index contributed by atoms with van der Waals surface area (Å²) in [5.74, 6) is -0.377. The zero-order chi connectivity index (χ0) is 16.9. The maximum atomic E-state index is 12.0. The Kier molecular flexibility index (Phi) is 5.07. The van der Waals surface area contributed by atoms with E-state index in [0.717, 1.165) is 31.0 Å². The van der Waals surface area contributed by atoms with E-state index in [9.17, 15) is 9.59 Å². The summed E-state index contributed by atoms with van der Waals surface area (Å²) in [5, 5.41) is 2.51. The van der Waals surface area contributed by atoms with Crippen molar-refractivity contribution in [2.45, 2.75) is 6.54 Å². The van der Waals surface area contributed by atoms with Crippen LogP contribution in [-0.4, -0.2) is 70.3 Å². The molecule has 0 radical (unpaired) electrons. The Balaban J connectivity index is 1.48. The normalized spacial score (nSPS) is 15.6. The Bertz CT molecular complexity index is 687. The molecule has 0 bridgehead atoms. The fourth-order valence-corrected chi connectivity index (χ4v) is 2.81. The van der Waals surface area contributed by atoms with Crippen LogP contribution in [0.3, 0.4) is 0 Å². The number of fused-ring (bicyclic) bond motifs is 1. The van der Waals surface area contributed by atoms with E-state index in [1.807, 2.05) is 35.0 Å². The van der Waals surface area contributed by atoms with Crippen molar-refractivity contribution in [2.24, 2.45) is 5.73 Å². The molecule has 3 heterocycles. The van der Waals surface area contributed by atoms with Gasteiger partial charge >= 0.3 is 0 Å². The van der Waals surface area contributed by atoms with Crippen molar-refractivity contribution in [3.8, 4) is 0 Å². The number of amides is 2. The largest absolute Gasteiger partial charge is 0.346 e. The van der Waals surface area contributed by atoms with Gasteiger partial charge in [0.2, 0.25) is 11.8 Å². The molecule has 1 saturated heterocycles. The number of piperazine rings is 1. The van der Waals surface area contributed by atoms with E-state index >= 15 is 0 Å². The Morgan fingerprint density at radius 1 is 1.21 bits per heavy atom. The molecule has 0 saturated carbocycles. The molecule has 128 valence electrons. The van der Waals surface area contributed by atoms with Gasteiger partial charge in [0.15, 0.2) is 0 Å². The van der Waals surface area contributed by atoms with Crippen molar-refractivity contribution >= 4 is 17.5 Å². The summed E-state index contributed by atoms with van der Waals surface area (Å²) in [6.07, 6.45) is 4.02. The average Bonchev–Trinajstić information content (AvgIpc) is 3.02. The van der Waals surface area contributed by atoms with Crippen molar-refractivity contribution in [3.05, 3.63) is 36.3 Å². The second-order valence-electron chi connectivity index (χ2n) is 5.84. The molecule has 0 aliphatic carbocycles. The highest BCUT2D eigenvalue weighted by Gasteiger charge is 2.21. The predicted octanol–water partition coefficient (Wildman–Crippen LogP) is -0.947. The molecule has 3 N–H and O–H groups in total. The Morgan fingerprint density at radius 2 is 2.00 bits per heavy atom. The van der Waals surface area contributed by atoms with Gasteiger partial charge in [-0.3, -0.25) is 14.5 Å². The highest BCUT2D eigenvalue weighted by molar-refractivity contribution is 5.85. The minimum atomic E-state index is -0.311. The van der Waals surface area contributed by atoms with Crippen LogP contribution < -0.4 is 11.1 Å². The standard InChI is InChI=1S/C16H22N6O2/c17-9-15(23)18-10-16(24)21-7-5-20(6-8-21)11-13-12-22-4-2-1-3-14(22)19-13/h1-4,12H,5-11,17H2,(H,18,23). The first kappa shape index (κ1) is 16.4. The van der Waals surface area contributed by atoms with E-state index in [1.165, 1.54) is 0 Å². The smallest absolute Gasteiger partial charge is 0.242 e. The number of hydrogen-bond acceptors (Lipinski definition) is 5. The molecule has 2 amide bonds. The van der Waals surface area contributed by atoms with Crippen LogP contribution >= 0.6 is 0 Å². The van der Waals surface area contributed by atoms with Gasteiger partial charge in [0.1, 0.15) is 5.65 Å². The van der Waals surface area contributed by atoms with E-state index in [4.69, 9.17) is 5.73 Å². The first-order valence-corrected chi connectivity index (χ1v) is 8.05. The van der Waals surface area contributed by atoms with Crippen molar-refractivity contribution in [3.63, 3.8) is 0 Å². The summed E-state index contributed by atoms with van der Waals surface area (Å²) in [5.41, 5.74) is 7.17. The molecule has 0 spiro atoms. The number of hydrogen-bond donors (Lipinski definition) is 2. The lowest BCUT2D eigenvalue weighted by Crippen LogP contribution is -2.51. The second kappa shape index (κ2) is 7.41. The lowest BCUT2D eigenvalue weighted by atomic mass is 10.3. The Labute approximate surface area is 140 Å². The van der Waals surface area contributed by atoms with Gasteiger partial charge < -0.3 is 20.4 Å². The van der Waals surface area contributed by atoms with Crippen LogP contribution in [0.15, 0.2) is 30.6 Å². The summed E-state index contributed by atoms with van der Waals surface area (Å²) in [7, 11) is 0. The second-order valence-corrected chi connectivity index (χ2v) is 5.84. The van der Waals surface area contributed by atoms with E-state index in [2.05, 4.69) is 15.2 Å². The number of nitrogens with two attached hydrogens (primary N) is 1. The summed E-state index contributed by atoms with van der Waals surface area (Å²) >= 11 is 0. The lowest BCUT2D eigenvalue weighted by Gasteiger charge is -2.34. The van der Waals surface area contributed by atoms with Crippen LogP contribution in [0, 0.1) is 0 Å². The molecule has 1 aliphatic heterocycles. The molecule has 1 aliphatic rings. The van der Waals surface area contributed by atoms with E-state index < -0.39 is 0 Å². The number of nitrogens with one attached hydrogen (secondary N) is 1. The summed E-state index contributed by atoms with van der Waals surface area (Å²) in [4.78, 5) is 31.8. The molecule has 3 rings (SSSR count). The summed E-state index contributed by atoms with van der Waals surface area (Å²) in [6, 6.07) is 5.93. The van der Waals surface area contributed by atoms with Gasteiger partial charge in [0.05, 0.1) is 18.8 Å². The highest BCUT2D eigenvalue weighted by atomic mass is 16.2. The molecule has 0 unspecified atom stereocenters. The first-order valence-electron chi connectivity index (χ1n) is 8.05. The molecule has 1 fully saturated rings. The number of rotatable bonds is 5. The third kappa shape index (κ3) is 3.90. The zero-order valence-electron chi connectivity index (χ0n) is 13.5. The molecule has 2 aromatic heterocycles. The molecule has 2 aromatic rings. The maximum Gasteiger partial charge on any atom is 0.242 e. The van der Waals surface area contributed by atoms with Crippen LogP contribution in [0.2, 0.25) is 0 Å². The Morgan fingerprint density at radius 3 is 2.71 bits per heavy atom. The number of imidazole rings is 1. The average molecular weight is 330 g/mol. The van der Waals surface area contributed by atoms with Crippen molar-refractivity contribution < 1.29 is 9.59 Å². The maximum absolute atomic E-state index is 12.0. The molecule has 0 aromatic carbocycles. The van der Waals surface area contributed by atoms with E-state index in [1.54, 1.807) is 4.90 Å². The fourth-order valence-electron chi connectivity index (χ4n) is 2.81. The van der Waals surface area contributed by atoms with Crippen LogP contribution in [-0.2, 0) is 16.1 Å². The van der Waals surface area contributed by atoms with E-state index in [0.29, 0.717) is 13.1 Å². The van der Waals surface area contributed by atoms with Crippen LogP contribution in [0.4, 0.5) is 0 Å². The SMILES string of the molecule is NCC(=O)NCC(=O)N1CCN(Cc2cn3ccccc3n2)CC1. The quantitative estimate of drug-likeness (QED) is 0.737. The topological polar surface area (TPSA) is 96.0 Å². The van der Waals surface area contributed by atoms with Gasteiger partial charge in [-0.25, -0.2) is 4.98 Å². The number of carbonyl (C=O) groups excluding carboxylic acids is 2. The van der Waals surface area contributed by atoms with Crippen LogP contribution in [0.5, 0.6) is 0 Å². The number of pyridine rings is 1. The summed E-state index contributed by atoms with van der Waals surface area (Å²) < 4.78 is 2.01. The zero-order valence-corrected chi connectivity index (χ0v) is 13.5. The first-order chi connectivity index (χ1) is 11.7. The fraction of sp³-hybridized carbons (Fsp3) is 0.438. The summed E-state index contributed by atoms with van der Waals surface area (Å²) in [6.45, 7) is 3.60. The molecule has 8 nitrogen and oxygen atoms in total. The van der Waals surface area contributed by atoms with Gasteiger partial charge in [0, 0.05) is 45.1 Å². The molecular formula is C16H22N6O2. The van der Waals surface area contributed by atoms with Gasteiger partial charge in [-0.05, 0) is 12.1 Å². The minimum absolute atomic E-state index is 0.0163. The lowest BCUT2D eigenvalue weighted by molar-refractivity contribution is -0.134. The number of aromatic nitrogens is 2. The molecule has 24 heavy (non-hydrogen) atoms. The van der Waals surface area contributed by atoms with Crippen molar-refractivity contribution in [2.75, 3.05) is 39.3 Å². The molecule has 8 heteroatoms. The third-order valence-electron chi connectivity index (χ3n) is 4.15. The number of nitrogens with zero attached hydrogens (tertiary/aromatic N) is 4. The van der Waals surface area contributed by atoms with Gasteiger partial charge in [0.25, 0.3) is 0 Å². The minimum Gasteiger partial charge on any atom is -0.346 e. The molecule has 0 atom stereocenters. The van der Waals surface area contributed by atoms with Crippen molar-refractivity contribution in [1.29, 1.82) is 0 Å². The molecular weight excluding hydrogens is 308 g/mol. The van der Waals surface area contributed by atoms with Crippen molar-refractivity contribution in [1.82, 2.24) is 24.5 Å². The van der Waals surface area contributed by atoms with Crippen LogP contribution in [0.25, 0.3) is 5.65 Å².